The number of nitrogens with zero attached hydrogens (tertiary/aromatic N) is 3. The Morgan fingerprint density at radius 3 is 2.33 bits per heavy atom. The van der Waals surface area contributed by atoms with Crippen LogP contribution in [0.5, 0.6) is 17.2 Å². The predicted octanol–water partition coefficient (Wildman–Crippen LogP) is 3.83. The van der Waals surface area contributed by atoms with E-state index in [1.807, 2.05) is 31.2 Å². The molecule has 0 spiro atoms. The zero-order chi connectivity index (χ0) is 19.4. The number of nitriles is 1. The summed E-state index contributed by atoms with van der Waals surface area (Å²) in [5, 5.41) is 23.4. The number of rotatable bonds is 5. The molecule has 136 valence electrons. The first-order valence-electron chi connectivity index (χ1n) is 8.03. The Bertz CT molecular complexity index is 1010. The summed E-state index contributed by atoms with van der Waals surface area (Å²) >= 11 is 0. The highest BCUT2D eigenvalue weighted by molar-refractivity contribution is 5.87. The molecule has 0 aliphatic carbocycles. The Balaban J connectivity index is 1.98. The van der Waals surface area contributed by atoms with E-state index in [0.29, 0.717) is 11.4 Å². The van der Waals surface area contributed by atoms with E-state index in [1.165, 1.54) is 14.2 Å². The molecule has 0 aliphatic rings. The van der Waals surface area contributed by atoms with Crippen molar-refractivity contribution in [1.82, 2.24) is 10.1 Å². The van der Waals surface area contributed by atoms with Gasteiger partial charge in [0.2, 0.25) is 11.6 Å². The molecular formula is C20H17N3O4. The summed E-state index contributed by atoms with van der Waals surface area (Å²) in [4.78, 5) is 4.30. The molecule has 0 fully saturated rings. The topological polar surface area (TPSA) is 101 Å². The summed E-state index contributed by atoms with van der Waals surface area (Å²) in [5.41, 5.74) is 2.67. The molecule has 0 saturated heterocycles. The van der Waals surface area contributed by atoms with Gasteiger partial charge in [-0.3, -0.25) is 0 Å². The van der Waals surface area contributed by atoms with Gasteiger partial charge in [-0.2, -0.15) is 10.2 Å². The van der Waals surface area contributed by atoms with Crippen LogP contribution >= 0.6 is 0 Å². The van der Waals surface area contributed by atoms with E-state index in [0.717, 1.165) is 11.1 Å². The minimum absolute atomic E-state index is 0.0964. The van der Waals surface area contributed by atoms with Crippen LogP contribution in [0.25, 0.3) is 23.0 Å². The number of aromatic nitrogens is 2. The van der Waals surface area contributed by atoms with Gasteiger partial charge in [-0.25, -0.2) is 0 Å². The van der Waals surface area contributed by atoms with Crippen LogP contribution in [0.2, 0.25) is 0 Å². The van der Waals surface area contributed by atoms with E-state index >= 15 is 0 Å². The van der Waals surface area contributed by atoms with E-state index in [1.54, 1.807) is 18.2 Å². The first-order valence-corrected chi connectivity index (χ1v) is 8.03. The number of methoxy groups -OCH3 is 2. The third-order valence-corrected chi connectivity index (χ3v) is 3.90. The molecule has 0 amide bonds. The number of aromatic hydroxyl groups is 1. The molecule has 1 N–H and O–H groups in total. The molecule has 3 aromatic rings. The highest BCUT2D eigenvalue weighted by Crippen LogP contribution is 2.38. The molecule has 0 bridgehead atoms. The zero-order valence-corrected chi connectivity index (χ0v) is 15.1. The second-order valence-corrected chi connectivity index (χ2v) is 5.73. The first-order chi connectivity index (χ1) is 13.0. The number of aryl methyl sites for hydroxylation is 1. The molecule has 0 saturated carbocycles. The van der Waals surface area contributed by atoms with E-state index in [9.17, 15) is 10.4 Å². The average Bonchev–Trinajstić information content (AvgIpc) is 3.17. The van der Waals surface area contributed by atoms with Gasteiger partial charge in [-0.15, -0.1) is 0 Å². The lowest BCUT2D eigenvalue weighted by atomic mass is 10.1. The van der Waals surface area contributed by atoms with Crippen LogP contribution in [0.1, 0.15) is 17.0 Å². The van der Waals surface area contributed by atoms with Crippen LogP contribution in [-0.2, 0) is 0 Å². The Labute approximate surface area is 156 Å². The Morgan fingerprint density at radius 1 is 1.15 bits per heavy atom. The highest BCUT2D eigenvalue weighted by Gasteiger charge is 2.15. The number of phenols is 1. The largest absolute Gasteiger partial charge is 0.502 e. The van der Waals surface area contributed by atoms with Gasteiger partial charge < -0.3 is 19.1 Å². The normalized spacial score (nSPS) is 11.1. The van der Waals surface area contributed by atoms with Crippen LogP contribution in [0.3, 0.4) is 0 Å². The van der Waals surface area contributed by atoms with Gasteiger partial charge in [0.15, 0.2) is 11.5 Å². The quantitative estimate of drug-likeness (QED) is 0.687. The molecular weight excluding hydrogens is 346 g/mol. The molecule has 3 rings (SSSR count). The summed E-state index contributed by atoms with van der Waals surface area (Å²) in [7, 11) is 2.86. The van der Waals surface area contributed by atoms with E-state index in [4.69, 9.17) is 14.0 Å². The van der Waals surface area contributed by atoms with E-state index in [-0.39, 0.29) is 28.7 Å². The maximum Gasteiger partial charge on any atom is 0.268 e. The van der Waals surface area contributed by atoms with E-state index < -0.39 is 0 Å². The van der Waals surface area contributed by atoms with Gasteiger partial charge in [0, 0.05) is 5.56 Å². The summed E-state index contributed by atoms with van der Waals surface area (Å²) in [6.45, 7) is 1.99. The molecule has 0 atom stereocenters. The van der Waals surface area contributed by atoms with Crippen molar-refractivity contribution >= 4 is 11.6 Å². The number of phenolic OH excluding ortho intramolecular Hbond substituents is 1. The van der Waals surface area contributed by atoms with Crippen LogP contribution in [-0.4, -0.2) is 29.5 Å². The summed E-state index contributed by atoms with van der Waals surface area (Å²) in [6, 6.07) is 12.9. The van der Waals surface area contributed by atoms with Gasteiger partial charge in [-0.1, -0.05) is 35.0 Å². The number of hydrogen-bond donors (Lipinski definition) is 1. The maximum atomic E-state index is 9.99. The van der Waals surface area contributed by atoms with Gasteiger partial charge in [0.25, 0.3) is 5.89 Å². The molecule has 0 aliphatic heterocycles. The molecule has 27 heavy (non-hydrogen) atoms. The fraction of sp³-hybridized carbons (Fsp3) is 0.150. The fourth-order valence-electron chi connectivity index (χ4n) is 2.46. The lowest BCUT2D eigenvalue weighted by molar-refractivity contribution is 0.340. The Morgan fingerprint density at radius 2 is 1.78 bits per heavy atom. The molecule has 7 nitrogen and oxygen atoms in total. The minimum atomic E-state index is -0.116. The van der Waals surface area contributed by atoms with Crippen LogP contribution in [0.15, 0.2) is 40.9 Å². The smallest absolute Gasteiger partial charge is 0.268 e. The second kappa shape index (κ2) is 7.62. The Kier molecular flexibility index (Phi) is 5.08. The third kappa shape index (κ3) is 3.75. The molecule has 1 heterocycles. The number of benzene rings is 2. The van der Waals surface area contributed by atoms with Crippen molar-refractivity contribution in [1.29, 1.82) is 5.26 Å². The third-order valence-electron chi connectivity index (χ3n) is 3.90. The average molecular weight is 363 g/mol. The van der Waals surface area contributed by atoms with Crippen molar-refractivity contribution in [2.75, 3.05) is 14.2 Å². The van der Waals surface area contributed by atoms with Crippen LogP contribution < -0.4 is 9.47 Å². The lowest BCUT2D eigenvalue weighted by Crippen LogP contribution is -1.91. The van der Waals surface area contributed by atoms with Crippen molar-refractivity contribution in [2.24, 2.45) is 0 Å². The zero-order valence-electron chi connectivity index (χ0n) is 15.1. The SMILES string of the molecule is COc1cc(/C=C(\C#N)c2nc(-c3ccc(C)cc3)no2)cc(OC)c1O. The van der Waals surface area contributed by atoms with Gasteiger partial charge >= 0.3 is 0 Å². The molecule has 2 aromatic carbocycles. The predicted molar refractivity (Wildman–Crippen MR) is 99.2 cm³/mol. The number of ether oxygens (including phenoxy) is 2. The van der Waals surface area contributed by atoms with Gasteiger partial charge in [0.1, 0.15) is 11.6 Å². The van der Waals surface area contributed by atoms with Gasteiger partial charge in [0.05, 0.1) is 14.2 Å². The summed E-state index contributed by atoms with van der Waals surface area (Å²) < 4.78 is 15.5. The monoisotopic (exact) mass is 363 g/mol. The van der Waals surface area contributed by atoms with Crippen molar-refractivity contribution in [2.45, 2.75) is 6.92 Å². The van der Waals surface area contributed by atoms with Gasteiger partial charge in [-0.05, 0) is 30.7 Å². The van der Waals surface area contributed by atoms with Crippen molar-refractivity contribution in [3.63, 3.8) is 0 Å². The number of allylic oxidation sites excluding steroid dienone is 1. The summed E-state index contributed by atoms with van der Waals surface area (Å²) in [6.07, 6.45) is 1.55. The van der Waals surface area contributed by atoms with E-state index in [2.05, 4.69) is 16.2 Å². The summed E-state index contributed by atoms with van der Waals surface area (Å²) in [5.74, 6) is 0.828. The molecule has 7 heteroatoms. The minimum Gasteiger partial charge on any atom is -0.502 e. The van der Waals surface area contributed by atoms with Crippen molar-refractivity contribution in [3.8, 4) is 34.7 Å². The van der Waals surface area contributed by atoms with Crippen molar-refractivity contribution < 1.29 is 19.1 Å². The number of hydrogen-bond acceptors (Lipinski definition) is 7. The highest BCUT2D eigenvalue weighted by atomic mass is 16.5. The maximum absolute atomic E-state index is 9.99. The molecule has 0 radical (unpaired) electrons. The molecule has 1 aromatic heterocycles. The van der Waals surface area contributed by atoms with Crippen LogP contribution in [0, 0.1) is 18.3 Å². The first kappa shape index (κ1) is 18.0. The fourth-order valence-corrected chi connectivity index (χ4v) is 2.46. The lowest BCUT2D eigenvalue weighted by Gasteiger charge is -2.09. The standard InChI is InChI=1S/C20H17N3O4/c1-12-4-6-14(7-5-12)19-22-20(27-23-19)15(11-21)8-13-9-16(25-2)18(24)17(10-13)26-3/h4-10,24H,1-3H3/b15-8+. The second-order valence-electron chi connectivity index (χ2n) is 5.73. The molecule has 0 unspecified atom stereocenters. The van der Waals surface area contributed by atoms with Crippen molar-refractivity contribution in [3.05, 3.63) is 53.4 Å². The Hall–Kier alpha value is -3.79. The van der Waals surface area contributed by atoms with Crippen LogP contribution in [0.4, 0.5) is 0 Å².